The second-order valence-electron chi connectivity index (χ2n) is 6.07. The van der Waals surface area contributed by atoms with Crippen LogP contribution in [0, 0.1) is 0 Å². The quantitative estimate of drug-likeness (QED) is 0.888. The molecule has 5 nitrogen and oxygen atoms in total. The second-order valence-corrected chi connectivity index (χ2v) is 6.07. The number of aromatic nitrogens is 2. The fourth-order valence-corrected chi connectivity index (χ4v) is 3.08. The van der Waals surface area contributed by atoms with Gasteiger partial charge < -0.3 is 9.88 Å². The second kappa shape index (κ2) is 7.42. The van der Waals surface area contributed by atoms with Crippen molar-refractivity contribution in [3.8, 4) is 0 Å². The van der Waals surface area contributed by atoms with Crippen molar-refractivity contribution in [2.45, 2.75) is 32.4 Å². The van der Waals surface area contributed by atoms with Crippen LogP contribution in [0.2, 0.25) is 0 Å². The molecule has 3 rings (SSSR count). The Balaban J connectivity index is 1.48. The molecule has 1 aromatic carbocycles. The molecule has 1 N–H and O–H groups in total. The van der Waals surface area contributed by atoms with Crippen LogP contribution in [0.15, 0.2) is 42.7 Å². The molecule has 2 heterocycles. The summed E-state index contributed by atoms with van der Waals surface area (Å²) in [6, 6.07) is 10.4. The van der Waals surface area contributed by atoms with Crippen molar-refractivity contribution in [3.63, 3.8) is 0 Å². The fourth-order valence-electron chi connectivity index (χ4n) is 3.08. The van der Waals surface area contributed by atoms with Crippen LogP contribution in [0.4, 0.5) is 0 Å². The standard InChI is InChI=1S/C18H24N4O/c1-2-15(16-6-4-3-5-7-16)12-20-18(23)14-21-10-11-22-9-8-19-17(22)13-21/h3-9,15H,2,10-14H2,1H3,(H,20,23)/t15-/m0/s1. The molecule has 122 valence electrons. The van der Waals surface area contributed by atoms with E-state index >= 15 is 0 Å². The van der Waals surface area contributed by atoms with E-state index in [-0.39, 0.29) is 5.91 Å². The lowest BCUT2D eigenvalue weighted by molar-refractivity contribution is -0.122. The molecule has 0 bridgehead atoms. The number of nitrogens with one attached hydrogen (secondary N) is 1. The minimum absolute atomic E-state index is 0.0967. The summed E-state index contributed by atoms with van der Waals surface area (Å²) in [7, 11) is 0. The normalized spacial score (nSPS) is 15.9. The van der Waals surface area contributed by atoms with Crippen LogP contribution in [0.3, 0.4) is 0 Å². The highest BCUT2D eigenvalue weighted by molar-refractivity contribution is 5.78. The van der Waals surface area contributed by atoms with Gasteiger partial charge in [0.1, 0.15) is 5.82 Å². The van der Waals surface area contributed by atoms with E-state index < -0.39 is 0 Å². The van der Waals surface area contributed by atoms with Gasteiger partial charge in [0.05, 0.1) is 13.1 Å². The number of hydrogen-bond acceptors (Lipinski definition) is 3. The van der Waals surface area contributed by atoms with Crippen molar-refractivity contribution >= 4 is 5.91 Å². The number of hydrogen-bond donors (Lipinski definition) is 1. The average molecular weight is 312 g/mol. The summed E-state index contributed by atoms with van der Waals surface area (Å²) in [6.45, 7) is 5.85. The van der Waals surface area contributed by atoms with E-state index in [1.54, 1.807) is 0 Å². The molecule has 1 aliphatic heterocycles. The molecule has 2 aromatic rings. The maximum atomic E-state index is 12.2. The summed E-state index contributed by atoms with van der Waals surface area (Å²) in [5, 5.41) is 3.09. The Labute approximate surface area is 137 Å². The maximum absolute atomic E-state index is 12.2. The van der Waals surface area contributed by atoms with Crippen LogP contribution in [0.5, 0.6) is 0 Å². The molecule has 0 fully saturated rings. The third-order valence-corrected chi connectivity index (χ3v) is 4.50. The third-order valence-electron chi connectivity index (χ3n) is 4.50. The zero-order valence-corrected chi connectivity index (χ0v) is 13.6. The van der Waals surface area contributed by atoms with Crippen molar-refractivity contribution in [1.29, 1.82) is 0 Å². The van der Waals surface area contributed by atoms with Gasteiger partial charge in [0.25, 0.3) is 0 Å². The Morgan fingerprint density at radius 2 is 2.13 bits per heavy atom. The largest absolute Gasteiger partial charge is 0.354 e. The maximum Gasteiger partial charge on any atom is 0.234 e. The predicted octanol–water partition coefficient (Wildman–Crippen LogP) is 2.01. The van der Waals surface area contributed by atoms with Crippen molar-refractivity contribution in [1.82, 2.24) is 19.8 Å². The number of fused-ring (bicyclic) bond motifs is 1. The lowest BCUT2D eigenvalue weighted by Gasteiger charge is -2.27. The van der Waals surface area contributed by atoms with Crippen LogP contribution in [-0.2, 0) is 17.9 Å². The van der Waals surface area contributed by atoms with E-state index in [4.69, 9.17) is 0 Å². The summed E-state index contributed by atoms with van der Waals surface area (Å²) < 4.78 is 2.15. The van der Waals surface area contributed by atoms with Crippen LogP contribution < -0.4 is 5.32 Å². The van der Waals surface area contributed by atoms with E-state index in [1.807, 2.05) is 18.5 Å². The molecule has 1 aliphatic rings. The summed E-state index contributed by atoms with van der Waals surface area (Å²) >= 11 is 0. The number of rotatable bonds is 6. The molecular formula is C18H24N4O. The first-order valence-corrected chi connectivity index (χ1v) is 8.30. The van der Waals surface area contributed by atoms with Gasteiger partial charge in [0.2, 0.25) is 5.91 Å². The molecule has 0 saturated heterocycles. The molecule has 23 heavy (non-hydrogen) atoms. The third kappa shape index (κ3) is 3.99. The molecule has 0 spiro atoms. The van der Waals surface area contributed by atoms with Crippen molar-refractivity contribution in [3.05, 3.63) is 54.1 Å². The van der Waals surface area contributed by atoms with Gasteiger partial charge in [-0.2, -0.15) is 0 Å². The van der Waals surface area contributed by atoms with Gasteiger partial charge in [0.15, 0.2) is 0 Å². The lowest BCUT2D eigenvalue weighted by Crippen LogP contribution is -2.42. The van der Waals surface area contributed by atoms with Gasteiger partial charge in [-0.25, -0.2) is 4.98 Å². The predicted molar refractivity (Wildman–Crippen MR) is 90.0 cm³/mol. The number of nitrogens with zero attached hydrogens (tertiary/aromatic N) is 3. The highest BCUT2D eigenvalue weighted by Crippen LogP contribution is 2.18. The molecule has 0 radical (unpaired) electrons. The first-order chi connectivity index (χ1) is 11.3. The lowest BCUT2D eigenvalue weighted by atomic mass is 9.96. The van der Waals surface area contributed by atoms with Crippen molar-refractivity contribution < 1.29 is 4.79 Å². The van der Waals surface area contributed by atoms with Gasteiger partial charge in [-0.15, -0.1) is 0 Å². The summed E-state index contributed by atoms with van der Waals surface area (Å²) in [4.78, 5) is 18.7. The monoisotopic (exact) mass is 312 g/mol. The van der Waals surface area contributed by atoms with Crippen molar-refractivity contribution in [2.24, 2.45) is 0 Å². The Morgan fingerprint density at radius 1 is 1.30 bits per heavy atom. The van der Waals surface area contributed by atoms with Crippen LogP contribution >= 0.6 is 0 Å². The van der Waals surface area contributed by atoms with Gasteiger partial charge in [0, 0.05) is 37.9 Å². The number of benzene rings is 1. The molecule has 1 amide bonds. The van der Waals surface area contributed by atoms with E-state index in [2.05, 4.69) is 51.0 Å². The smallest absolute Gasteiger partial charge is 0.234 e. The average Bonchev–Trinajstić information content (AvgIpc) is 3.04. The Hall–Kier alpha value is -2.14. The highest BCUT2D eigenvalue weighted by atomic mass is 16.2. The van der Waals surface area contributed by atoms with E-state index in [0.717, 1.165) is 31.9 Å². The summed E-state index contributed by atoms with van der Waals surface area (Å²) in [5.74, 6) is 1.51. The SMILES string of the molecule is CC[C@@H](CNC(=O)CN1CCn2ccnc2C1)c1ccccc1. The Bertz CT molecular complexity index is 637. The zero-order chi connectivity index (χ0) is 16.1. The van der Waals surface area contributed by atoms with Gasteiger partial charge >= 0.3 is 0 Å². The highest BCUT2D eigenvalue weighted by Gasteiger charge is 2.19. The van der Waals surface area contributed by atoms with E-state index in [0.29, 0.717) is 19.0 Å². The molecule has 1 atom stereocenters. The van der Waals surface area contributed by atoms with Gasteiger partial charge in [-0.3, -0.25) is 9.69 Å². The molecule has 1 aromatic heterocycles. The number of amides is 1. The number of carbonyl (C=O) groups excluding carboxylic acids is 1. The topological polar surface area (TPSA) is 50.2 Å². The summed E-state index contributed by atoms with van der Waals surface area (Å²) in [6.07, 6.45) is 4.84. The Kier molecular flexibility index (Phi) is 5.08. The fraction of sp³-hybridized carbons (Fsp3) is 0.444. The molecule has 0 saturated carbocycles. The molecule has 0 aliphatic carbocycles. The number of imidazole rings is 1. The van der Waals surface area contributed by atoms with E-state index in [9.17, 15) is 4.79 Å². The molecule has 0 unspecified atom stereocenters. The van der Waals surface area contributed by atoms with Crippen LogP contribution in [-0.4, -0.2) is 40.0 Å². The van der Waals surface area contributed by atoms with Crippen molar-refractivity contribution in [2.75, 3.05) is 19.6 Å². The van der Waals surface area contributed by atoms with E-state index in [1.165, 1.54) is 5.56 Å². The minimum atomic E-state index is 0.0967. The zero-order valence-electron chi connectivity index (χ0n) is 13.6. The van der Waals surface area contributed by atoms with Gasteiger partial charge in [-0.1, -0.05) is 37.3 Å². The minimum Gasteiger partial charge on any atom is -0.354 e. The summed E-state index contributed by atoms with van der Waals surface area (Å²) in [5.41, 5.74) is 1.29. The molecule has 5 heteroatoms. The first-order valence-electron chi connectivity index (χ1n) is 8.30. The van der Waals surface area contributed by atoms with Gasteiger partial charge in [-0.05, 0) is 12.0 Å². The van der Waals surface area contributed by atoms with Crippen LogP contribution in [0.1, 0.15) is 30.7 Å². The first kappa shape index (κ1) is 15.7. The Morgan fingerprint density at radius 3 is 2.91 bits per heavy atom. The van der Waals surface area contributed by atoms with Crippen LogP contribution in [0.25, 0.3) is 0 Å². The number of carbonyl (C=O) groups is 1. The molecular weight excluding hydrogens is 288 g/mol.